The molecular formula is C18H21Cl. The topological polar surface area (TPSA) is 0 Å². The van der Waals surface area contributed by atoms with Crippen LogP contribution in [-0.4, -0.2) is 0 Å². The van der Waals surface area contributed by atoms with Gasteiger partial charge in [-0.15, -0.1) is 0 Å². The second kappa shape index (κ2) is 4.38. The average Bonchev–Trinajstić information content (AvgIpc) is 2.66. The van der Waals surface area contributed by atoms with Gasteiger partial charge in [-0.2, -0.15) is 0 Å². The van der Waals surface area contributed by atoms with Crippen LogP contribution in [0.2, 0.25) is 5.02 Å². The van der Waals surface area contributed by atoms with E-state index >= 15 is 0 Å². The van der Waals surface area contributed by atoms with Gasteiger partial charge < -0.3 is 0 Å². The van der Waals surface area contributed by atoms with Gasteiger partial charge in [-0.1, -0.05) is 42.1 Å². The van der Waals surface area contributed by atoms with E-state index in [1.165, 1.54) is 56.9 Å². The van der Waals surface area contributed by atoms with E-state index in [9.17, 15) is 0 Å². The summed E-state index contributed by atoms with van der Waals surface area (Å²) in [5.74, 6) is 0.836. The van der Waals surface area contributed by atoms with Crippen LogP contribution in [0.15, 0.2) is 29.8 Å². The van der Waals surface area contributed by atoms with Crippen LogP contribution < -0.4 is 0 Å². The Bertz CT molecular complexity index is 521. The number of allylic oxidation sites excluding steroid dienone is 2. The van der Waals surface area contributed by atoms with Crippen molar-refractivity contribution >= 4 is 17.2 Å². The van der Waals surface area contributed by atoms with Crippen molar-refractivity contribution in [3.8, 4) is 0 Å². The Morgan fingerprint density at radius 2 is 1.79 bits per heavy atom. The minimum absolute atomic E-state index is 0.607. The summed E-state index contributed by atoms with van der Waals surface area (Å²) >= 11 is 6.05. The van der Waals surface area contributed by atoms with E-state index in [4.69, 9.17) is 11.6 Å². The zero-order valence-electron chi connectivity index (χ0n) is 11.4. The van der Waals surface area contributed by atoms with Gasteiger partial charge in [0.05, 0.1) is 0 Å². The van der Waals surface area contributed by atoms with Gasteiger partial charge in [0, 0.05) is 5.02 Å². The molecule has 100 valence electrons. The van der Waals surface area contributed by atoms with Gasteiger partial charge in [0.15, 0.2) is 0 Å². The van der Waals surface area contributed by atoms with E-state index < -0.39 is 0 Å². The summed E-state index contributed by atoms with van der Waals surface area (Å²) in [6.07, 6.45) is 11.4. The van der Waals surface area contributed by atoms with Gasteiger partial charge >= 0.3 is 0 Å². The second-order valence-electron chi connectivity index (χ2n) is 6.68. The molecule has 1 spiro atoms. The first-order chi connectivity index (χ1) is 9.28. The fourth-order valence-electron chi connectivity index (χ4n) is 5.00. The molecule has 2 bridgehead atoms. The van der Waals surface area contributed by atoms with Gasteiger partial charge in [-0.25, -0.2) is 0 Å². The fraction of sp³-hybridized carbons (Fsp3) is 0.556. The predicted molar refractivity (Wildman–Crippen MR) is 81.2 cm³/mol. The van der Waals surface area contributed by atoms with Crippen molar-refractivity contribution < 1.29 is 0 Å². The van der Waals surface area contributed by atoms with Crippen LogP contribution in [0.3, 0.4) is 0 Å². The number of rotatable bonds is 1. The molecule has 0 amide bonds. The summed E-state index contributed by atoms with van der Waals surface area (Å²) in [5, 5.41) is 0.855. The highest BCUT2D eigenvalue weighted by atomic mass is 35.5. The zero-order chi connectivity index (χ0) is 12.9. The fourth-order valence-corrected chi connectivity index (χ4v) is 5.12. The number of fused-ring (bicyclic) bond motifs is 1. The first-order valence-electron chi connectivity index (χ1n) is 7.78. The van der Waals surface area contributed by atoms with Crippen LogP contribution in [-0.2, 0) is 0 Å². The normalized spacial score (nSPS) is 33.4. The van der Waals surface area contributed by atoms with Crippen LogP contribution >= 0.6 is 11.6 Å². The summed E-state index contributed by atoms with van der Waals surface area (Å²) < 4.78 is 0. The Kier molecular flexibility index (Phi) is 2.77. The molecule has 3 aliphatic carbocycles. The van der Waals surface area contributed by atoms with Crippen molar-refractivity contribution in [3.63, 3.8) is 0 Å². The number of hydrogen-bond acceptors (Lipinski definition) is 0. The Labute approximate surface area is 120 Å². The second-order valence-corrected chi connectivity index (χ2v) is 7.12. The van der Waals surface area contributed by atoms with Crippen molar-refractivity contribution in [1.82, 2.24) is 0 Å². The maximum absolute atomic E-state index is 6.05. The monoisotopic (exact) mass is 272 g/mol. The molecule has 2 saturated carbocycles. The van der Waals surface area contributed by atoms with Gasteiger partial charge in [-0.05, 0) is 73.1 Å². The van der Waals surface area contributed by atoms with E-state index in [2.05, 4.69) is 24.3 Å². The van der Waals surface area contributed by atoms with Gasteiger partial charge in [0.1, 0.15) is 0 Å². The standard InChI is InChI=1S/C18H21Cl/c19-15-8-6-13(7-9-15)17-14-4-3-11-18(12-14)10-2-1-5-16(17)18/h6-9,14H,1-5,10-12H2/t14-,18+/m0/s1. The molecule has 2 atom stereocenters. The molecule has 0 heterocycles. The number of halogens is 1. The Morgan fingerprint density at radius 1 is 1.00 bits per heavy atom. The number of benzene rings is 1. The highest BCUT2D eigenvalue weighted by Crippen LogP contribution is 2.62. The average molecular weight is 273 g/mol. The molecule has 1 heteroatoms. The lowest BCUT2D eigenvalue weighted by Crippen LogP contribution is -2.27. The molecule has 0 aliphatic heterocycles. The van der Waals surface area contributed by atoms with Gasteiger partial charge in [0.25, 0.3) is 0 Å². The first-order valence-corrected chi connectivity index (χ1v) is 8.16. The van der Waals surface area contributed by atoms with Gasteiger partial charge in [0.2, 0.25) is 0 Å². The molecule has 19 heavy (non-hydrogen) atoms. The lowest BCUT2D eigenvalue weighted by Gasteiger charge is -2.39. The Hall–Kier alpha value is -0.750. The summed E-state index contributed by atoms with van der Waals surface area (Å²) in [4.78, 5) is 0. The minimum atomic E-state index is 0.607. The first kappa shape index (κ1) is 12.0. The predicted octanol–water partition coefficient (Wildman–Crippen LogP) is 5.86. The molecule has 0 saturated heterocycles. The third-order valence-electron chi connectivity index (χ3n) is 5.71. The van der Waals surface area contributed by atoms with E-state index in [0.717, 1.165) is 10.9 Å². The third kappa shape index (κ3) is 1.80. The van der Waals surface area contributed by atoms with Crippen molar-refractivity contribution in [2.75, 3.05) is 0 Å². The third-order valence-corrected chi connectivity index (χ3v) is 5.96. The van der Waals surface area contributed by atoms with Crippen LogP contribution in [0.25, 0.3) is 5.57 Å². The highest BCUT2D eigenvalue weighted by Gasteiger charge is 2.48. The number of hydrogen-bond donors (Lipinski definition) is 0. The van der Waals surface area contributed by atoms with Crippen LogP contribution in [0.4, 0.5) is 0 Å². The quantitative estimate of drug-likeness (QED) is 0.601. The van der Waals surface area contributed by atoms with Crippen molar-refractivity contribution in [2.24, 2.45) is 11.3 Å². The van der Waals surface area contributed by atoms with Crippen LogP contribution in [0, 0.1) is 11.3 Å². The molecule has 0 radical (unpaired) electrons. The summed E-state index contributed by atoms with van der Waals surface area (Å²) in [6, 6.07) is 8.60. The summed E-state index contributed by atoms with van der Waals surface area (Å²) in [5.41, 5.74) is 5.61. The molecular weight excluding hydrogens is 252 g/mol. The van der Waals surface area contributed by atoms with Crippen LogP contribution in [0.1, 0.15) is 56.9 Å². The maximum Gasteiger partial charge on any atom is 0.0406 e. The molecule has 1 aromatic carbocycles. The lowest BCUT2D eigenvalue weighted by molar-refractivity contribution is 0.190. The van der Waals surface area contributed by atoms with E-state index in [1.807, 2.05) is 5.57 Å². The summed E-state index contributed by atoms with van der Waals surface area (Å²) in [7, 11) is 0. The highest BCUT2D eigenvalue weighted by molar-refractivity contribution is 6.30. The molecule has 3 aliphatic rings. The van der Waals surface area contributed by atoms with Crippen molar-refractivity contribution in [2.45, 2.75) is 51.4 Å². The largest absolute Gasteiger partial charge is 0.0843 e. The summed E-state index contributed by atoms with van der Waals surface area (Å²) in [6.45, 7) is 0. The minimum Gasteiger partial charge on any atom is -0.0843 e. The molecule has 0 unspecified atom stereocenters. The van der Waals surface area contributed by atoms with E-state index in [-0.39, 0.29) is 0 Å². The molecule has 0 nitrogen and oxygen atoms in total. The molecule has 0 aromatic heterocycles. The molecule has 2 fully saturated rings. The lowest BCUT2D eigenvalue weighted by atomic mass is 9.65. The molecule has 0 N–H and O–H groups in total. The van der Waals surface area contributed by atoms with E-state index in [0.29, 0.717) is 5.41 Å². The SMILES string of the molecule is Clc1ccc(C2=C3CCCC[C@]34CCC[C@H]2C4)cc1. The Balaban J connectivity index is 1.84. The molecule has 4 rings (SSSR count). The van der Waals surface area contributed by atoms with Crippen molar-refractivity contribution in [1.29, 1.82) is 0 Å². The van der Waals surface area contributed by atoms with E-state index in [1.54, 1.807) is 5.57 Å². The van der Waals surface area contributed by atoms with Crippen molar-refractivity contribution in [3.05, 3.63) is 40.4 Å². The zero-order valence-corrected chi connectivity index (χ0v) is 12.2. The van der Waals surface area contributed by atoms with Gasteiger partial charge in [-0.3, -0.25) is 0 Å². The Morgan fingerprint density at radius 3 is 2.63 bits per heavy atom. The van der Waals surface area contributed by atoms with Crippen LogP contribution in [0.5, 0.6) is 0 Å². The smallest absolute Gasteiger partial charge is 0.0406 e. The molecule has 1 aromatic rings. The maximum atomic E-state index is 6.05.